The number of rotatable bonds is 2. The average Bonchev–Trinajstić information content (AvgIpc) is 2.86. The van der Waals surface area contributed by atoms with E-state index in [2.05, 4.69) is 5.16 Å². The van der Waals surface area contributed by atoms with Crippen molar-refractivity contribution in [2.75, 3.05) is 0 Å². The molecule has 0 spiro atoms. The highest BCUT2D eigenvalue weighted by Gasteiger charge is 2.54. The average molecular weight is 250 g/mol. The van der Waals surface area contributed by atoms with Crippen LogP contribution < -0.4 is 5.73 Å². The third-order valence-corrected chi connectivity index (χ3v) is 3.83. The maximum absolute atomic E-state index is 13.1. The Hall–Kier alpha value is -1.91. The van der Waals surface area contributed by atoms with Gasteiger partial charge < -0.3 is 10.9 Å². The SMILES string of the molecule is N/C(=N\O)C1C2C=C(c3ccc(F)c(F)c3)CC21. The minimum absolute atomic E-state index is 0.101. The van der Waals surface area contributed by atoms with Crippen LogP contribution in [0.5, 0.6) is 0 Å². The fraction of sp³-hybridized carbons (Fsp3) is 0.308. The van der Waals surface area contributed by atoms with Crippen molar-refractivity contribution in [2.45, 2.75) is 6.42 Å². The highest BCUT2D eigenvalue weighted by Crippen LogP contribution is 2.58. The van der Waals surface area contributed by atoms with Gasteiger partial charge in [-0.1, -0.05) is 17.3 Å². The minimum Gasteiger partial charge on any atom is -0.409 e. The molecule has 2 aliphatic rings. The number of allylic oxidation sites excluding steroid dienone is 2. The second-order valence-corrected chi connectivity index (χ2v) is 4.82. The molecule has 18 heavy (non-hydrogen) atoms. The van der Waals surface area contributed by atoms with Gasteiger partial charge in [-0.2, -0.15) is 0 Å². The van der Waals surface area contributed by atoms with E-state index in [0.717, 1.165) is 18.1 Å². The first kappa shape index (κ1) is 11.2. The molecule has 1 fully saturated rings. The Bertz CT molecular complexity index is 568. The summed E-state index contributed by atoms with van der Waals surface area (Å²) in [5.74, 6) is -0.707. The van der Waals surface area contributed by atoms with E-state index >= 15 is 0 Å². The number of nitrogens with zero attached hydrogens (tertiary/aromatic N) is 1. The summed E-state index contributed by atoms with van der Waals surface area (Å²) in [5, 5.41) is 11.6. The fourth-order valence-corrected chi connectivity index (χ4v) is 2.84. The highest BCUT2D eigenvalue weighted by molar-refractivity contribution is 5.88. The molecule has 2 aliphatic carbocycles. The second-order valence-electron chi connectivity index (χ2n) is 4.82. The molecule has 3 N–H and O–H groups in total. The van der Waals surface area contributed by atoms with Gasteiger partial charge in [-0.25, -0.2) is 8.78 Å². The van der Waals surface area contributed by atoms with Gasteiger partial charge in [0.05, 0.1) is 0 Å². The molecule has 3 atom stereocenters. The van der Waals surface area contributed by atoms with Gasteiger partial charge in [-0.3, -0.25) is 0 Å². The van der Waals surface area contributed by atoms with E-state index in [9.17, 15) is 8.78 Å². The number of benzene rings is 1. The maximum Gasteiger partial charge on any atom is 0.159 e. The van der Waals surface area contributed by atoms with Crippen LogP contribution in [0.25, 0.3) is 5.57 Å². The number of nitrogens with two attached hydrogens (primary N) is 1. The quantitative estimate of drug-likeness (QED) is 0.366. The number of amidine groups is 1. The van der Waals surface area contributed by atoms with Gasteiger partial charge in [0.25, 0.3) is 0 Å². The normalized spacial score (nSPS) is 30.0. The largest absolute Gasteiger partial charge is 0.409 e. The fourth-order valence-electron chi connectivity index (χ4n) is 2.84. The van der Waals surface area contributed by atoms with Crippen molar-refractivity contribution in [3.05, 3.63) is 41.5 Å². The number of hydrogen-bond acceptors (Lipinski definition) is 2. The van der Waals surface area contributed by atoms with Gasteiger partial charge in [-0.15, -0.1) is 0 Å². The first-order valence-corrected chi connectivity index (χ1v) is 5.75. The third kappa shape index (κ3) is 1.58. The van der Waals surface area contributed by atoms with Gasteiger partial charge in [0, 0.05) is 5.92 Å². The van der Waals surface area contributed by atoms with Crippen molar-refractivity contribution >= 4 is 11.4 Å². The minimum atomic E-state index is -0.836. The van der Waals surface area contributed by atoms with E-state index in [4.69, 9.17) is 10.9 Å². The maximum atomic E-state index is 13.1. The summed E-state index contributed by atoms with van der Waals surface area (Å²) >= 11 is 0. The summed E-state index contributed by atoms with van der Waals surface area (Å²) in [5.41, 5.74) is 7.27. The van der Waals surface area contributed by atoms with Crippen molar-refractivity contribution in [1.82, 2.24) is 0 Å². The van der Waals surface area contributed by atoms with Gasteiger partial charge in [-0.05, 0) is 41.5 Å². The smallest absolute Gasteiger partial charge is 0.159 e. The van der Waals surface area contributed by atoms with Crippen molar-refractivity contribution in [3.8, 4) is 0 Å². The van der Waals surface area contributed by atoms with Crippen LogP contribution in [-0.2, 0) is 0 Å². The lowest BCUT2D eigenvalue weighted by Crippen LogP contribution is -2.16. The lowest BCUT2D eigenvalue weighted by molar-refractivity contribution is 0.316. The van der Waals surface area contributed by atoms with Crippen LogP contribution >= 0.6 is 0 Å². The van der Waals surface area contributed by atoms with E-state index in [-0.39, 0.29) is 17.7 Å². The molecule has 0 radical (unpaired) electrons. The summed E-state index contributed by atoms with van der Waals surface area (Å²) in [4.78, 5) is 0. The number of hydrogen-bond donors (Lipinski definition) is 2. The second kappa shape index (κ2) is 3.80. The predicted molar refractivity (Wildman–Crippen MR) is 62.8 cm³/mol. The molecule has 94 valence electrons. The summed E-state index contributed by atoms with van der Waals surface area (Å²) in [6.07, 6.45) is 2.77. The molecule has 3 nitrogen and oxygen atoms in total. The summed E-state index contributed by atoms with van der Waals surface area (Å²) in [7, 11) is 0. The number of fused-ring (bicyclic) bond motifs is 1. The first-order chi connectivity index (χ1) is 8.61. The Balaban J connectivity index is 1.81. The van der Waals surface area contributed by atoms with Gasteiger partial charge in [0.2, 0.25) is 0 Å². The van der Waals surface area contributed by atoms with Gasteiger partial charge >= 0.3 is 0 Å². The Morgan fingerprint density at radius 1 is 1.33 bits per heavy atom. The molecule has 1 saturated carbocycles. The molecule has 3 rings (SSSR count). The van der Waals surface area contributed by atoms with Crippen LogP contribution in [0.15, 0.2) is 29.4 Å². The van der Waals surface area contributed by atoms with Crippen LogP contribution in [0, 0.1) is 29.4 Å². The molecule has 0 aromatic heterocycles. The highest BCUT2D eigenvalue weighted by atomic mass is 19.2. The van der Waals surface area contributed by atoms with Crippen LogP contribution in [0.4, 0.5) is 8.78 Å². The zero-order valence-corrected chi connectivity index (χ0v) is 9.48. The zero-order valence-electron chi connectivity index (χ0n) is 9.48. The molecule has 0 heterocycles. The van der Waals surface area contributed by atoms with Gasteiger partial charge in [0.15, 0.2) is 11.6 Å². The van der Waals surface area contributed by atoms with Crippen molar-refractivity contribution in [3.63, 3.8) is 0 Å². The molecular weight excluding hydrogens is 238 g/mol. The number of oxime groups is 1. The molecule has 0 saturated heterocycles. The molecular formula is C13H12F2N2O. The van der Waals surface area contributed by atoms with Crippen molar-refractivity contribution in [1.29, 1.82) is 0 Å². The molecule has 0 bridgehead atoms. The van der Waals surface area contributed by atoms with E-state index < -0.39 is 11.6 Å². The van der Waals surface area contributed by atoms with E-state index in [1.165, 1.54) is 6.07 Å². The van der Waals surface area contributed by atoms with Crippen molar-refractivity contribution in [2.24, 2.45) is 28.6 Å². The third-order valence-electron chi connectivity index (χ3n) is 3.83. The lowest BCUT2D eigenvalue weighted by Gasteiger charge is -2.06. The van der Waals surface area contributed by atoms with Crippen LogP contribution in [0.2, 0.25) is 0 Å². The molecule has 3 unspecified atom stereocenters. The Morgan fingerprint density at radius 2 is 2.11 bits per heavy atom. The van der Waals surface area contributed by atoms with Crippen LogP contribution in [0.1, 0.15) is 12.0 Å². The standard InChI is InChI=1S/C13H12F2N2O/c14-10-2-1-6(5-11(10)15)7-3-8-9(4-7)12(8)13(16)17-18/h1-3,5,8-9,12,18H,4H2,(H2,16,17). The monoisotopic (exact) mass is 250 g/mol. The number of halogens is 2. The van der Waals surface area contributed by atoms with E-state index in [0.29, 0.717) is 11.5 Å². The van der Waals surface area contributed by atoms with Gasteiger partial charge in [0.1, 0.15) is 5.84 Å². The van der Waals surface area contributed by atoms with Crippen molar-refractivity contribution < 1.29 is 14.0 Å². The lowest BCUT2D eigenvalue weighted by atomic mass is 10.0. The van der Waals surface area contributed by atoms with Crippen LogP contribution in [-0.4, -0.2) is 11.0 Å². The summed E-state index contributed by atoms with van der Waals surface area (Å²) in [6, 6.07) is 3.92. The topological polar surface area (TPSA) is 58.6 Å². The Morgan fingerprint density at radius 3 is 2.67 bits per heavy atom. The summed E-state index contributed by atoms with van der Waals surface area (Å²) < 4.78 is 26.0. The van der Waals surface area contributed by atoms with E-state index in [1.807, 2.05) is 6.08 Å². The molecule has 1 aromatic carbocycles. The van der Waals surface area contributed by atoms with E-state index in [1.54, 1.807) is 6.07 Å². The Kier molecular flexibility index (Phi) is 2.36. The molecule has 0 amide bonds. The predicted octanol–water partition coefficient (Wildman–Crippen LogP) is 2.36. The zero-order chi connectivity index (χ0) is 12.9. The Labute approximate surface area is 103 Å². The summed E-state index contributed by atoms with van der Waals surface area (Å²) in [6.45, 7) is 0. The molecule has 5 heteroatoms. The van der Waals surface area contributed by atoms with Crippen LogP contribution in [0.3, 0.4) is 0 Å². The first-order valence-electron chi connectivity index (χ1n) is 5.75. The molecule has 1 aromatic rings. The molecule has 0 aliphatic heterocycles.